The lowest BCUT2D eigenvalue weighted by molar-refractivity contribution is 0.268. The maximum atomic E-state index is 5.75. The third-order valence-electron chi connectivity index (χ3n) is 2.62. The van der Waals surface area contributed by atoms with Crippen LogP contribution >= 0.6 is 12.2 Å². The van der Waals surface area contributed by atoms with E-state index >= 15 is 0 Å². The molecule has 0 amide bonds. The molecule has 0 atom stereocenters. The summed E-state index contributed by atoms with van der Waals surface area (Å²) in [7, 11) is 0. The molecule has 6 heteroatoms. The van der Waals surface area contributed by atoms with Gasteiger partial charge >= 0.3 is 0 Å². The lowest BCUT2D eigenvalue weighted by atomic mass is 10.1. The van der Waals surface area contributed by atoms with Gasteiger partial charge in [-0.2, -0.15) is 5.10 Å². The average molecular weight is 309 g/mol. The Kier molecular flexibility index (Phi) is 7.53. The minimum atomic E-state index is 0.139. The second-order valence-corrected chi connectivity index (χ2v) is 4.97. The number of ether oxygens (including phenoxy) is 2. The molecule has 5 nitrogen and oxygen atoms in total. The molecule has 0 aliphatic heterocycles. The first-order chi connectivity index (χ1) is 10.1. The van der Waals surface area contributed by atoms with Gasteiger partial charge in [0, 0.05) is 5.56 Å². The maximum Gasteiger partial charge on any atom is 0.184 e. The lowest BCUT2D eigenvalue weighted by Gasteiger charge is -2.13. The van der Waals surface area contributed by atoms with E-state index in [1.54, 1.807) is 0 Å². The predicted molar refractivity (Wildman–Crippen MR) is 90.1 cm³/mol. The highest BCUT2D eigenvalue weighted by Gasteiger charge is 2.08. The number of benzene rings is 1. The standard InChI is InChI=1S/C15H23N3O2S/c1-4-8-19-13-7-6-12(10-14(13)20-9-5-2)11(3)17-18-15(16)21/h6-7,10H,4-5,8-9H2,1-3H3,(H3,16,18,21). The van der Waals surface area contributed by atoms with Crippen LogP contribution in [0.3, 0.4) is 0 Å². The van der Waals surface area contributed by atoms with Gasteiger partial charge in [-0.1, -0.05) is 13.8 Å². The van der Waals surface area contributed by atoms with Crippen molar-refractivity contribution in [1.82, 2.24) is 5.43 Å². The Balaban J connectivity index is 2.96. The monoisotopic (exact) mass is 309 g/mol. The SMILES string of the molecule is CCCOc1ccc(C(C)=NNC(N)=S)cc1OCCC. The molecule has 0 aromatic heterocycles. The highest BCUT2D eigenvalue weighted by Crippen LogP contribution is 2.29. The second-order valence-electron chi connectivity index (χ2n) is 4.53. The van der Waals surface area contributed by atoms with Crippen LogP contribution in [0.5, 0.6) is 11.5 Å². The molecule has 0 saturated carbocycles. The van der Waals surface area contributed by atoms with Gasteiger partial charge in [-0.25, -0.2) is 0 Å². The van der Waals surface area contributed by atoms with Gasteiger partial charge < -0.3 is 15.2 Å². The van der Waals surface area contributed by atoms with Gasteiger partial charge in [0.2, 0.25) is 0 Å². The van der Waals surface area contributed by atoms with Crippen molar-refractivity contribution >= 4 is 23.0 Å². The first kappa shape index (κ1) is 17.2. The van der Waals surface area contributed by atoms with Crippen molar-refractivity contribution in [3.05, 3.63) is 23.8 Å². The van der Waals surface area contributed by atoms with Crippen LogP contribution in [-0.2, 0) is 0 Å². The zero-order valence-corrected chi connectivity index (χ0v) is 13.6. The smallest absolute Gasteiger partial charge is 0.184 e. The second kappa shape index (κ2) is 9.18. The number of hydrogen-bond donors (Lipinski definition) is 2. The van der Waals surface area contributed by atoms with E-state index in [9.17, 15) is 0 Å². The van der Waals surface area contributed by atoms with Crippen molar-refractivity contribution in [2.75, 3.05) is 13.2 Å². The quantitative estimate of drug-likeness (QED) is 0.439. The first-order valence-electron chi connectivity index (χ1n) is 7.08. The summed E-state index contributed by atoms with van der Waals surface area (Å²) in [6, 6.07) is 5.75. The molecule has 3 N–H and O–H groups in total. The van der Waals surface area contributed by atoms with Crippen molar-refractivity contribution in [3.8, 4) is 11.5 Å². The van der Waals surface area contributed by atoms with E-state index in [1.807, 2.05) is 25.1 Å². The van der Waals surface area contributed by atoms with Gasteiger partial charge in [0.15, 0.2) is 16.6 Å². The van der Waals surface area contributed by atoms with E-state index in [4.69, 9.17) is 27.4 Å². The third kappa shape index (κ3) is 5.99. The van der Waals surface area contributed by atoms with Crippen molar-refractivity contribution in [2.45, 2.75) is 33.6 Å². The Bertz CT molecular complexity index is 504. The molecule has 1 aromatic carbocycles. The van der Waals surface area contributed by atoms with E-state index in [2.05, 4.69) is 24.4 Å². The molecular formula is C15H23N3O2S. The van der Waals surface area contributed by atoms with Crippen LogP contribution in [0.2, 0.25) is 0 Å². The summed E-state index contributed by atoms with van der Waals surface area (Å²) in [6.45, 7) is 7.32. The minimum Gasteiger partial charge on any atom is -0.490 e. The topological polar surface area (TPSA) is 68.9 Å². The van der Waals surface area contributed by atoms with Gasteiger partial charge in [0.1, 0.15) is 0 Å². The van der Waals surface area contributed by atoms with Gasteiger partial charge in [0.25, 0.3) is 0 Å². The molecule has 21 heavy (non-hydrogen) atoms. The summed E-state index contributed by atoms with van der Waals surface area (Å²) >= 11 is 4.73. The molecule has 1 aromatic rings. The van der Waals surface area contributed by atoms with Crippen LogP contribution in [-0.4, -0.2) is 24.0 Å². The minimum absolute atomic E-state index is 0.139. The highest BCUT2D eigenvalue weighted by molar-refractivity contribution is 7.80. The molecule has 0 aliphatic rings. The lowest BCUT2D eigenvalue weighted by Crippen LogP contribution is -2.25. The molecule has 0 unspecified atom stereocenters. The Hall–Kier alpha value is -1.82. The summed E-state index contributed by atoms with van der Waals surface area (Å²) in [4.78, 5) is 0. The number of thiocarbonyl (C=S) groups is 1. The molecule has 0 spiro atoms. The van der Waals surface area contributed by atoms with Crippen LogP contribution in [0.25, 0.3) is 0 Å². The fourth-order valence-electron chi connectivity index (χ4n) is 1.59. The van der Waals surface area contributed by atoms with E-state index in [-0.39, 0.29) is 5.11 Å². The summed E-state index contributed by atoms with van der Waals surface area (Å²) in [5.41, 5.74) is 9.64. The first-order valence-corrected chi connectivity index (χ1v) is 7.49. The average Bonchev–Trinajstić information content (AvgIpc) is 2.48. The van der Waals surface area contributed by atoms with Crippen molar-refractivity contribution in [2.24, 2.45) is 10.8 Å². The van der Waals surface area contributed by atoms with Crippen LogP contribution < -0.4 is 20.6 Å². The van der Waals surface area contributed by atoms with Crippen LogP contribution in [0.15, 0.2) is 23.3 Å². The zero-order chi connectivity index (χ0) is 15.7. The number of hydrazone groups is 1. The molecule has 0 radical (unpaired) electrons. The molecule has 0 fully saturated rings. The number of nitrogens with zero attached hydrogens (tertiary/aromatic N) is 1. The number of rotatable bonds is 8. The molecule has 0 bridgehead atoms. The third-order valence-corrected chi connectivity index (χ3v) is 2.71. The van der Waals surface area contributed by atoms with Crippen molar-refractivity contribution < 1.29 is 9.47 Å². The van der Waals surface area contributed by atoms with Crippen LogP contribution in [0.4, 0.5) is 0 Å². The predicted octanol–water partition coefficient (Wildman–Crippen LogP) is 2.82. The van der Waals surface area contributed by atoms with E-state index in [0.29, 0.717) is 13.2 Å². The van der Waals surface area contributed by atoms with E-state index in [1.165, 1.54) is 0 Å². The van der Waals surface area contributed by atoms with Gasteiger partial charge in [-0.15, -0.1) is 0 Å². The Morgan fingerprint density at radius 2 is 1.81 bits per heavy atom. The molecule has 0 heterocycles. The van der Waals surface area contributed by atoms with Crippen LogP contribution in [0, 0.1) is 0 Å². The fourth-order valence-corrected chi connectivity index (χ4v) is 1.64. The van der Waals surface area contributed by atoms with Gasteiger partial charge in [0.05, 0.1) is 18.9 Å². The number of nitrogens with two attached hydrogens (primary N) is 1. The molecular weight excluding hydrogens is 286 g/mol. The molecule has 0 saturated heterocycles. The Labute approximate surface area is 131 Å². The summed E-state index contributed by atoms with van der Waals surface area (Å²) < 4.78 is 11.4. The normalized spacial score (nSPS) is 11.1. The summed E-state index contributed by atoms with van der Waals surface area (Å²) in [5, 5.41) is 4.25. The maximum absolute atomic E-state index is 5.75. The Morgan fingerprint density at radius 1 is 1.19 bits per heavy atom. The van der Waals surface area contributed by atoms with Crippen molar-refractivity contribution in [1.29, 1.82) is 0 Å². The Morgan fingerprint density at radius 3 is 2.38 bits per heavy atom. The number of hydrogen-bond acceptors (Lipinski definition) is 4. The van der Waals surface area contributed by atoms with E-state index < -0.39 is 0 Å². The largest absolute Gasteiger partial charge is 0.490 e. The van der Waals surface area contributed by atoms with Gasteiger partial charge in [-0.05, 0) is 50.2 Å². The van der Waals surface area contributed by atoms with Crippen molar-refractivity contribution in [3.63, 3.8) is 0 Å². The zero-order valence-electron chi connectivity index (χ0n) is 12.8. The molecule has 116 valence electrons. The summed E-state index contributed by atoms with van der Waals surface area (Å²) in [6.07, 6.45) is 1.89. The summed E-state index contributed by atoms with van der Waals surface area (Å²) in [5.74, 6) is 1.48. The molecule has 0 aliphatic carbocycles. The van der Waals surface area contributed by atoms with Gasteiger partial charge in [-0.3, -0.25) is 5.43 Å². The number of nitrogens with one attached hydrogen (secondary N) is 1. The van der Waals surface area contributed by atoms with Crippen LogP contribution in [0.1, 0.15) is 39.2 Å². The highest BCUT2D eigenvalue weighted by atomic mass is 32.1. The fraction of sp³-hybridized carbons (Fsp3) is 0.467. The molecule has 1 rings (SSSR count). The van der Waals surface area contributed by atoms with E-state index in [0.717, 1.165) is 35.6 Å².